The van der Waals surface area contributed by atoms with Crippen LogP contribution < -0.4 is 10.1 Å². The average Bonchev–Trinajstić information content (AvgIpc) is 3.22. The van der Waals surface area contributed by atoms with E-state index in [4.69, 9.17) is 16.3 Å². The van der Waals surface area contributed by atoms with E-state index in [0.29, 0.717) is 36.8 Å². The van der Waals surface area contributed by atoms with Gasteiger partial charge in [-0.25, -0.2) is 4.79 Å². The van der Waals surface area contributed by atoms with Gasteiger partial charge in [0.05, 0.1) is 6.61 Å². The number of H-pyrrole nitrogens is 1. The maximum absolute atomic E-state index is 12.7. The van der Waals surface area contributed by atoms with Crippen LogP contribution in [0, 0.1) is 0 Å². The standard InChI is InChI=1S/C21H20ClN3O3/c22-15-6-8-16(9-7-15)28-11-3-10-25-20(26)19(24-21(25)27)12-14-13-23-18-5-2-1-4-17(14)18/h1-2,4-9,13,19,23H,3,10-12H2,(H,24,27). The lowest BCUT2D eigenvalue weighted by atomic mass is 10.1. The van der Waals surface area contributed by atoms with E-state index in [0.717, 1.165) is 16.5 Å². The molecule has 144 valence electrons. The summed E-state index contributed by atoms with van der Waals surface area (Å²) in [6, 6.07) is 14.1. The van der Waals surface area contributed by atoms with Crippen molar-refractivity contribution in [2.45, 2.75) is 18.9 Å². The molecule has 4 rings (SSSR count). The molecule has 0 radical (unpaired) electrons. The molecule has 3 aromatic rings. The summed E-state index contributed by atoms with van der Waals surface area (Å²) >= 11 is 5.84. The summed E-state index contributed by atoms with van der Waals surface area (Å²) in [5, 5.41) is 4.50. The first-order valence-corrected chi connectivity index (χ1v) is 9.55. The van der Waals surface area contributed by atoms with E-state index in [9.17, 15) is 9.59 Å². The zero-order valence-corrected chi connectivity index (χ0v) is 15.9. The number of benzene rings is 2. The van der Waals surface area contributed by atoms with E-state index in [1.54, 1.807) is 24.3 Å². The first-order chi connectivity index (χ1) is 13.6. The number of aromatic amines is 1. The first-order valence-electron chi connectivity index (χ1n) is 9.17. The molecule has 0 saturated carbocycles. The van der Waals surface area contributed by atoms with Crippen LogP contribution >= 0.6 is 11.6 Å². The molecule has 1 aromatic heterocycles. The normalized spacial score (nSPS) is 16.6. The summed E-state index contributed by atoms with van der Waals surface area (Å²) in [6.07, 6.45) is 2.92. The summed E-state index contributed by atoms with van der Waals surface area (Å²) < 4.78 is 5.62. The molecule has 6 nitrogen and oxygen atoms in total. The van der Waals surface area contributed by atoms with Crippen molar-refractivity contribution < 1.29 is 14.3 Å². The van der Waals surface area contributed by atoms with Gasteiger partial charge in [-0.2, -0.15) is 0 Å². The molecule has 1 saturated heterocycles. The summed E-state index contributed by atoms with van der Waals surface area (Å²) in [4.78, 5) is 29.3. The number of carbonyl (C=O) groups excluding carboxylic acids is 2. The molecule has 0 aliphatic carbocycles. The fourth-order valence-corrected chi connectivity index (χ4v) is 3.52. The molecule has 2 aromatic carbocycles. The second-order valence-corrected chi connectivity index (χ2v) is 7.15. The van der Waals surface area contributed by atoms with Crippen LogP contribution in [-0.4, -0.2) is 41.0 Å². The van der Waals surface area contributed by atoms with Gasteiger partial charge in [-0.05, 0) is 42.3 Å². The number of para-hydroxylation sites is 1. The van der Waals surface area contributed by atoms with E-state index in [1.165, 1.54) is 4.90 Å². The molecule has 0 spiro atoms. The molecule has 2 heterocycles. The van der Waals surface area contributed by atoms with Crippen molar-refractivity contribution in [2.75, 3.05) is 13.2 Å². The molecule has 0 bridgehead atoms. The van der Waals surface area contributed by atoms with Crippen LogP contribution in [0.4, 0.5) is 4.79 Å². The first kappa shape index (κ1) is 18.4. The zero-order chi connectivity index (χ0) is 19.5. The zero-order valence-electron chi connectivity index (χ0n) is 15.2. The lowest BCUT2D eigenvalue weighted by Gasteiger charge is -2.13. The Labute approximate surface area is 167 Å². The number of carbonyl (C=O) groups is 2. The number of nitrogens with one attached hydrogen (secondary N) is 2. The molecule has 7 heteroatoms. The summed E-state index contributed by atoms with van der Waals surface area (Å²) in [5.74, 6) is 0.514. The van der Waals surface area contributed by atoms with E-state index in [1.807, 2.05) is 30.5 Å². The van der Waals surface area contributed by atoms with Crippen LogP contribution in [0.3, 0.4) is 0 Å². The van der Waals surface area contributed by atoms with Crippen LogP contribution in [0.25, 0.3) is 10.9 Å². The van der Waals surface area contributed by atoms with Crippen LogP contribution in [0.2, 0.25) is 5.02 Å². The molecule has 2 N–H and O–H groups in total. The van der Waals surface area contributed by atoms with Crippen LogP contribution in [0.1, 0.15) is 12.0 Å². The SMILES string of the molecule is O=C1NC(Cc2c[nH]c3ccccc23)C(=O)N1CCCOc1ccc(Cl)cc1. The number of urea groups is 1. The smallest absolute Gasteiger partial charge is 0.324 e. The van der Waals surface area contributed by atoms with Crippen molar-refractivity contribution in [2.24, 2.45) is 0 Å². The van der Waals surface area contributed by atoms with Crippen molar-refractivity contribution in [3.63, 3.8) is 0 Å². The quantitative estimate of drug-likeness (QED) is 0.471. The number of halogens is 1. The molecule has 1 aliphatic rings. The van der Waals surface area contributed by atoms with Crippen LogP contribution in [-0.2, 0) is 11.2 Å². The van der Waals surface area contributed by atoms with Crippen LogP contribution in [0.15, 0.2) is 54.7 Å². The molecule has 1 atom stereocenters. The minimum absolute atomic E-state index is 0.193. The minimum atomic E-state index is -0.538. The highest BCUT2D eigenvalue weighted by molar-refractivity contribution is 6.30. The topological polar surface area (TPSA) is 74.4 Å². The molecular formula is C21H20ClN3O3. The third kappa shape index (κ3) is 3.82. The van der Waals surface area contributed by atoms with Gasteiger partial charge in [0.2, 0.25) is 0 Å². The average molecular weight is 398 g/mol. The highest BCUT2D eigenvalue weighted by atomic mass is 35.5. The monoisotopic (exact) mass is 397 g/mol. The lowest BCUT2D eigenvalue weighted by Crippen LogP contribution is -2.33. The summed E-state index contributed by atoms with van der Waals surface area (Å²) in [7, 11) is 0. The van der Waals surface area contributed by atoms with Gasteiger partial charge >= 0.3 is 6.03 Å². The minimum Gasteiger partial charge on any atom is -0.494 e. The molecular weight excluding hydrogens is 378 g/mol. The Kier molecular flexibility index (Phi) is 5.21. The highest BCUT2D eigenvalue weighted by Gasteiger charge is 2.37. The second-order valence-electron chi connectivity index (χ2n) is 6.71. The maximum atomic E-state index is 12.7. The number of hydrogen-bond donors (Lipinski definition) is 2. The fourth-order valence-electron chi connectivity index (χ4n) is 3.39. The molecule has 3 amide bonds. The van der Waals surface area contributed by atoms with Crippen molar-refractivity contribution in [3.05, 3.63) is 65.3 Å². The van der Waals surface area contributed by atoms with Crippen molar-refractivity contribution in [1.29, 1.82) is 0 Å². The van der Waals surface area contributed by atoms with Gasteiger partial charge < -0.3 is 15.0 Å². The molecule has 1 aliphatic heterocycles. The Morgan fingerprint density at radius 2 is 1.86 bits per heavy atom. The molecule has 1 unspecified atom stereocenters. The van der Waals surface area contributed by atoms with Crippen molar-refractivity contribution in [3.8, 4) is 5.75 Å². The number of aromatic nitrogens is 1. The number of imide groups is 1. The highest BCUT2D eigenvalue weighted by Crippen LogP contribution is 2.21. The van der Waals surface area contributed by atoms with Gasteiger partial charge in [0.15, 0.2) is 0 Å². The van der Waals surface area contributed by atoms with Crippen LogP contribution in [0.5, 0.6) is 5.75 Å². The van der Waals surface area contributed by atoms with E-state index >= 15 is 0 Å². The summed E-state index contributed by atoms with van der Waals surface area (Å²) in [6.45, 7) is 0.731. The predicted molar refractivity (Wildman–Crippen MR) is 108 cm³/mol. The van der Waals surface area contributed by atoms with E-state index < -0.39 is 6.04 Å². The number of rotatable bonds is 7. The Bertz CT molecular complexity index is 1000. The largest absolute Gasteiger partial charge is 0.494 e. The second kappa shape index (κ2) is 7.94. The Balaban J connectivity index is 1.31. The van der Waals surface area contributed by atoms with E-state index in [2.05, 4.69) is 10.3 Å². The van der Waals surface area contributed by atoms with Gasteiger partial charge in [-0.3, -0.25) is 9.69 Å². The maximum Gasteiger partial charge on any atom is 0.324 e. The lowest BCUT2D eigenvalue weighted by molar-refractivity contribution is -0.127. The van der Waals surface area contributed by atoms with Gasteiger partial charge in [-0.1, -0.05) is 29.8 Å². The van der Waals surface area contributed by atoms with Crippen molar-refractivity contribution in [1.82, 2.24) is 15.2 Å². The molecule has 28 heavy (non-hydrogen) atoms. The van der Waals surface area contributed by atoms with Gasteiger partial charge in [0, 0.05) is 35.1 Å². The number of nitrogens with zero attached hydrogens (tertiary/aromatic N) is 1. The predicted octanol–water partition coefficient (Wildman–Crippen LogP) is 3.75. The fraction of sp³-hybridized carbons (Fsp3) is 0.238. The summed E-state index contributed by atoms with van der Waals surface area (Å²) in [5.41, 5.74) is 2.03. The Morgan fingerprint density at radius 1 is 1.07 bits per heavy atom. The van der Waals surface area contributed by atoms with Gasteiger partial charge in [0.1, 0.15) is 11.8 Å². The number of fused-ring (bicyclic) bond motifs is 1. The van der Waals surface area contributed by atoms with Gasteiger partial charge in [0.25, 0.3) is 5.91 Å². The Morgan fingerprint density at radius 3 is 2.68 bits per heavy atom. The van der Waals surface area contributed by atoms with Crippen molar-refractivity contribution >= 4 is 34.4 Å². The number of amides is 3. The third-order valence-corrected chi connectivity index (χ3v) is 5.07. The van der Waals surface area contributed by atoms with E-state index in [-0.39, 0.29) is 11.9 Å². The number of hydrogen-bond acceptors (Lipinski definition) is 3. The Hall–Kier alpha value is -2.99. The van der Waals surface area contributed by atoms with Gasteiger partial charge in [-0.15, -0.1) is 0 Å². The third-order valence-electron chi connectivity index (χ3n) is 4.81. The number of ether oxygens (including phenoxy) is 1. The molecule has 1 fully saturated rings.